The highest BCUT2D eigenvalue weighted by Crippen LogP contribution is 2.32. The van der Waals surface area contributed by atoms with Gasteiger partial charge in [0.05, 0.1) is 0 Å². The van der Waals surface area contributed by atoms with E-state index in [9.17, 15) is 9.90 Å². The molecule has 0 aliphatic heterocycles. The second-order valence-electron chi connectivity index (χ2n) is 4.88. The molecule has 2 rings (SSSR count). The van der Waals surface area contributed by atoms with Gasteiger partial charge in [0, 0.05) is 17.7 Å². The van der Waals surface area contributed by atoms with E-state index in [1.54, 1.807) is 31.2 Å². The summed E-state index contributed by atoms with van der Waals surface area (Å²) < 4.78 is 5.38. The van der Waals surface area contributed by atoms with Gasteiger partial charge < -0.3 is 14.8 Å². The summed E-state index contributed by atoms with van der Waals surface area (Å²) in [5.74, 6) is -0.0793. The van der Waals surface area contributed by atoms with Crippen LogP contribution in [0.5, 0.6) is 5.88 Å². The van der Waals surface area contributed by atoms with Crippen LogP contribution in [0.1, 0.15) is 26.1 Å². The van der Waals surface area contributed by atoms with Crippen molar-refractivity contribution < 1.29 is 9.84 Å². The monoisotopic (exact) mass is 308 g/mol. The van der Waals surface area contributed by atoms with E-state index in [1.165, 1.54) is 7.11 Å². The average Bonchev–Trinajstić information content (AvgIpc) is 2.47. The number of benzene rings is 1. The van der Waals surface area contributed by atoms with E-state index in [0.717, 1.165) is 0 Å². The number of H-pyrrole nitrogens is 1. The summed E-state index contributed by atoms with van der Waals surface area (Å²) in [5.41, 5.74) is -0.732. The van der Waals surface area contributed by atoms with Gasteiger partial charge in [-0.25, -0.2) is 0 Å². The standard InChI is InChI=1S/C15H17ClN2O3/c1-4-15(2,21-3)14-17-12(19)11(13(20)18-14)9-7-5-6-8-10(9)16/h5-8H,4H2,1-3H3,(H2,17,18,19,20). The van der Waals surface area contributed by atoms with Crippen molar-refractivity contribution in [3.05, 3.63) is 45.5 Å². The molecule has 0 spiro atoms. The summed E-state index contributed by atoms with van der Waals surface area (Å²) in [7, 11) is 1.53. The van der Waals surface area contributed by atoms with E-state index in [0.29, 0.717) is 17.0 Å². The van der Waals surface area contributed by atoms with Crippen molar-refractivity contribution in [1.29, 1.82) is 0 Å². The summed E-state index contributed by atoms with van der Waals surface area (Å²) in [6, 6.07) is 6.79. The maximum atomic E-state index is 12.3. The molecule has 1 atom stereocenters. The summed E-state index contributed by atoms with van der Waals surface area (Å²) in [4.78, 5) is 19.1. The number of aromatic hydroxyl groups is 1. The maximum Gasteiger partial charge on any atom is 0.262 e. The number of methoxy groups -OCH3 is 1. The topological polar surface area (TPSA) is 75.2 Å². The Kier molecular flexibility index (Phi) is 4.34. The van der Waals surface area contributed by atoms with Crippen molar-refractivity contribution >= 4 is 11.6 Å². The molecule has 0 bridgehead atoms. The molecule has 0 aliphatic carbocycles. The molecule has 0 amide bonds. The van der Waals surface area contributed by atoms with Gasteiger partial charge in [0.1, 0.15) is 17.0 Å². The predicted molar refractivity (Wildman–Crippen MR) is 81.6 cm³/mol. The first-order chi connectivity index (χ1) is 9.92. The molecule has 0 saturated carbocycles. The molecule has 1 aromatic heterocycles. The van der Waals surface area contributed by atoms with E-state index >= 15 is 0 Å². The number of ether oxygens (including phenoxy) is 1. The number of hydrogen-bond donors (Lipinski definition) is 2. The highest BCUT2D eigenvalue weighted by molar-refractivity contribution is 6.33. The molecule has 5 nitrogen and oxygen atoms in total. The van der Waals surface area contributed by atoms with Crippen LogP contribution in [-0.2, 0) is 10.3 Å². The first kappa shape index (κ1) is 15.5. The molecule has 6 heteroatoms. The van der Waals surface area contributed by atoms with Crippen molar-refractivity contribution in [2.45, 2.75) is 25.9 Å². The minimum Gasteiger partial charge on any atom is -0.493 e. The molecule has 2 N–H and O–H groups in total. The Morgan fingerprint density at radius 3 is 2.62 bits per heavy atom. The van der Waals surface area contributed by atoms with Gasteiger partial charge in [-0.1, -0.05) is 36.7 Å². The fourth-order valence-electron chi connectivity index (χ4n) is 2.03. The first-order valence-electron chi connectivity index (χ1n) is 6.56. The van der Waals surface area contributed by atoms with Crippen molar-refractivity contribution in [3.8, 4) is 17.0 Å². The molecule has 112 valence electrons. The summed E-state index contributed by atoms with van der Waals surface area (Å²) in [6.07, 6.45) is 0.595. The van der Waals surface area contributed by atoms with Crippen LogP contribution in [0.15, 0.2) is 29.1 Å². The quantitative estimate of drug-likeness (QED) is 0.910. The Hall–Kier alpha value is -1.85. The molecule has 2 aromatic rings. The Morgan fingerprint density at radius 2 is 2.10 bits per heavy atom. The lowest BCUT2D eigenvalue weighted by Gasteiger charge is -2.25. The Labute approximate surface area is 127 Å². The lowest BCUT2D eigenvalue weighted by atomic mass is 10.0. The van der Waals surface area contributed by atoms with Crippen LogP contribution in [-0.4, -0.2) is 22.2 Å². The van der Waals surface area contributed by atoms with Crippen LogP contribution in [0, 0.1) is 0 Å². The third-order valence-electron chi connectivity index (χ3n) is 3.67. The van der Waals surface area contributed by atoms with Gasteiger partial charge in [-0.05, 0) is 19.4 Å². The fraction of sp³-hybridized carbons (Fsp3) is 0.333. The smallest absolute Gasteiger partial charge is 0.262 e. The molecule has 0 saturated heterocycles. The van der Waals surface area contributed by atoms with Crippen LogP contribution >= 0.6 is 11.6 Å². The van der Waals surface area contributed by atoms with Gasteiger partial charge in [-0.2, -0.15) is 4.98 Å². The van der Waals surface area contributed by atoms with Crippen LogP contribution in [0.3, 0.4) is 0 Å². The lowest BCUT2D eigenvalue weighted by molar-refractivity contribution is -0.00956. The second kappa shape index (κ2) is 5.87. The first-order valence-corrected chi connectivity index (χ1v) is 6.94. The van der Waals surface area contributed by atoms with E-state index in [2.05, 4.69) is 9.97 Å². The Morgan fingerprint density at radius 1 is 1.43 bits per heavy atom. The van der Waals surface area contributed by atoms with E-state index in [-0.39, 0.29) is 17.3 Å². The van der Waals surface area contributed by atoms with Crippen molar-refractivity contribution in [2.24, 2.45) is 0 Å². The Balaban J connectivity index is 2.64. The molecular weight excluding hydrogens is 292 g/mol. The van der Waals surface area contributed by atoms with Crippen LogP contribution in [0.2, 0.25) is 5.02 Å². The van der Waals surface area contributed by atoms with Gasteiger partial charge >= 0.3 is 0 Å². The SMILES string of the molecule is CCC(C)(OC)c1nc(O)c(-c2ccccc2Cl)c(=O)[nH]1. The van der Waals surface area contributed by atoms with Crippen LogP contribution in [0.4, 0.5) is 0 Å². The summed E-state index contributed by atoms with van der Waals surface area (Å²) in [6.45, 7) is 3.70. The summed E-state index contributed by atoms with van der Waals surface area (Å²) >= 11 is 6.07. The predicted octanol–water partition coefficient (Wildman–Crippen LogP) is 3.07. The zero-order valence-corrected chi connectivity index (χ0v) is 12.9. The third kappa shape index (κ3) is 2.80. The van der Waals surface area contributed by atoms with Crippen molar-refractivity contribution in [2.75, 3.05) is 7.11 Å². The fourth-order valence-corrected chi connectivity index (χ4v) is 2.26. The number of aromatic nitrogens is 2. The normalized spacial score (nSPS) is 13.9. The van der Waals surface area contributed by atoms with E-state index in [1.807, 2.05) is 6.92 Å². The number of nitrogens with zero attached hydrogens (tertiary/aromatic N) is 1. The minimum atomic E-state index is -0.768. The van der Waals surface area contributed by atoms with Gasteiger partial charge in [-0.3, -0.25) is 4.79 Å². The number of halogens is 1. The highest BCUT2D eigenvalue weighted by atomic mass is 35.5. The van der Waals surface area contributed by atoms with Gasteiger partial charge in [0.2, 0.25) is 5.88 Å². The largest absolute Gasteiger partial charge is 0.493 e. The number of rotatable bonds is 4. The molecule has 1 aromatic carbocycles. The van der Waals surface area contributed by atoms with E-state index in [4.69, 9.17) is 16.3 Å². The molecule has 0 fully saturated rings. The van der Waals surface area contributed by atoms with Crippen LogP contribution < -0.4 is 5.56 Å². The van der Waals surface area contributed by atoms with Gasteiger partial charge in [0.25, 0.3) is 5.56 Å². The zero-order valence-electron chi connectivity index (χ0n) is 12.1. The number of hydrogen-bond acceptors (Lipinski definition) is 4. The van der Waals surface area contributed by atoms with Gasteiger partial charge in [-0.15, -0.1) is 0 Å². The minimum absolute atomic E-state index is 0.0545. The van der Waals surface area contributed by atoms with Crippen molar-refractivity contribution in [1.82, 2.24) is 9.97 Å². The van der Waals surface area contributed by atoms with Gasteiger partial charge in [0.15, 0.2) is 0 Å². The maximum absolute atomic E-state index is 12.3. The molecule has 0 aliphatic rings. The molecule has 21 heavy (non-hydrogen) atoms. The zero-order chi connectivity index (χ0) is 15.6. The number of nitrogens with one attached hydrogen (secondary N) is 1. The lowest BCUT2D eigenvalue weighted by Crippen LogP contribution is -2.29. The average molecular weight is 309 g/mol. The van der Waals surface area contributed by atoms with Crippen LogP contribution in [0.25, 0.3) is 11.1 Å². The highest BCUT2D eigenvalue weighted by Gasteiger charge is 2.29. The second-order valence-corrected chi connectivity index (χ2v) is 5.29. The molecule has 1 unspecified atom stereocenters. The number of aromatic amines is 1. The molecule has 1 heterocycles. The summed E-state index contributed by atoms with van der Waals surface area (Å²) in [5, 5.41) is 10.5. The molecular formula is C15H17ClN2O3. The van der Waals surface area contributed by atoms with Crippen molar-refractivity contribution in [3.63, 3.8) is 0 Å². The van der Waals surface area contributed by atoms with E-state index < -0.39 is 11.2 Å². The molecule has 0 radical (unpaired) electrons. The third-order valence-corrected chi connectivity index (χ3v) is 4.00. The Bertz CT molecular complexity index is 708.